The maximum absolute atomic E-state index is 12.8. The van der Waals surface area contributed by atoms with Crippen LogP contribution in [-0.2, 0) is 20.7 Å². The van der Waals surface area contributed by atoms with Crippen molar-refractivity contribution in [3.63, 3.8) is 0 Å². The van der Waals surface area contributed by atoms with Gasteiger partial charge in [0.15, 0.2) is 0 Å². The normalized spacial score (nSPS) is 30.5. The second-order valence-electron chi connectivity index (χ2n) is 6.61. The topological polar surface area (TPSA) is 51.7 Å². The molecule has 1 saturated carbocycles. The summed E-state index contributed by atoms with van der Waals surface area (Å²) in [5.74, 6) is 0.235. The summed E-state index contributed by atoms with van der Waals surface area (Å²) in [6.07, 6.45) is 5.39. The quantitative estimate of drug-likeness (QED) is 0.828. The third kappa shape index (κ3) is 3.16. The first-order valence-corrected chi connectivity index (χ1v) is 9.24. The van der Waals surface area contributed by atoms with E-state index in [4.69, 9.17) is 9.47 Å². The minimum absolute atomic E-state index is 0.154. The number of ether oxygens (including phenoxy) is 2. The molecule has 128 valence electrons. The molecule has 0 unspecified atom stereocenters. The number of nitrogens with zero attached hydrogens (tertiary/aromatic N) is 2. The van der Waals surface area contributed by atoms with E-state index in [1.807, 2.05) is 17.3 Å². The number of aromatic nitrogens is 1. The van der Waals surface area contributed by atoms with Crippen molar-refractivity contribution >= 4 is 17.2 Å². The Hall–Kier alpha value is -0.980. The van der Waals surface area contributed by atoms with Gasteiger partial charge in [0.2, 0.25) is 5.91 Å². The summed E-state index contributed by atoms with van der Waals surface area (Å²) in [6, 6.07) is 0.154. The Balaban J connectivity index is 1.67. The average Bonchev–Trinajstić information content (AvgIpc) is 3.15. The van der Waals surface area contributed by atoms with Gasteiger partial charge < -0.3 is 14.4 Å². The van der Waals surface area contributed by atoms with Crippen LogP contribution in [0.15, 0.2) is 5.51 Å². The third-order valence-corrected chi connectivity index (χ3v) is 6.60. The number of fused-ring (bicyclic) bond motifs is 1. The zero-order valence-corrected chi connectivity index (χ0v) is 15.0. The highest BCUT2D eigenvalue weighted by atomic mass is 32.1. The minimum Gasteiger partial charge on any atom is -0.381 e. The summed E-state index contributed by atoms with van der Waals surface area (Å²) in [6.45, 7) is 2.81. The molecule has 1 saturated heterocycles. The second kappa shape index (κ2) is 6.87. The summed E-state index contributed by atoms with van der Waals surface area (Å²) in [7, 11) is 3.55. The van der Waals surface area contributed by atoms with Gasteiger partial charge in [-0.3, -0.25) is 4.79 Å². The fraction of sp³-hybridized carbons (Fsp3) is 0.765. The first-order chi connectivity index (χ1) is 11.1. The Labute approximate surface area is 142 Å². The molecule has 1 amide bonds. The van der Waals surface area contributed by atoms with Gasteiger partial charge >= 0.3 is 0 Å². The molecule has 1 aromatic rings. The lowest BCUT2D eigenvalue weighted by Gasteiger charge is -2.43. The number of thiazole rings is 1. The summed E-state index contributed by atoms with van der Waals surface area (Å²) < 4.78 is 11.4. The molecule has 1 aromatic heterocycles. The third-order valence-electron chi connectivity index (χ3n) is 5.61. The van der Waals surface area contributed by atoms with Crippen LogP contribution in [0.1, 0.15) is 42.7 Å². The Morgan fingerprint density at radius 1 is 1.48 bits per heavy atom. The molecule has 6 heteroatoms. The molecule has 3 atom stereocenters. The largest absolute Gasteiger partial charge is 0.381 e. The number of carbonyl (C=O) groups excluding carboxylic acids is 1. The lowest BCUT2D eigenvalue weighted by atomic mass is 9.79. The van der Waals surface area contributed by atoms with Gasteiger partial charge in [-0.2, -0.15) is 0 Å². The molecule has 1 aliphatic carbocycles. The predicted octanol–water partition coefficient (Wildman–Crippen LogP) is 2.57. The molecule has 23 heavy (non-hydrogen) atoms. The van der Waals surface area contributed by atoms with Crippen molar-refractivity contribution in [2.75, 3.05) is 20.8 Å². The van der Waals surface area contributed by atoms with Crippen molar-refractivity contribution in [3.05, 3.63) is 16.1 Å². The molecule has 0 radical (unpaired) electrons. The van der Waals surface area contributed by atoms with Crippen molar-refractivity contribution in [2.45, 2.75) is 63.2 Å². The molecule has 0 bridgehead atoms. The van der Waals surface area contributed by atoms with Crippen LogP contribution in [0.5, 0.6) is 0 Å². The van der Waals surface area contributed by atoms with E-state index < -0.39 is 0 Å². The molecule has 1 aliphatic heterocycles. The number of aryl methyl sites for hydroxylation is 2. The molecule has 0 N–H and O–H groups in total. The van der Waals surface area contributed by atoms with Gasteiger partial charge in [0.25, 0.3) is 0 Å². The Morgan fingerprint density at radius 3 is 2.96 bits per heavy atom. The van der Waals surface area contributed by atoms with E-state index in [0.717, 1.165) is 44.3 Å². The van der Waals surface area contributed by atoms with Crippen LogP contribution < -0.4 is 0 Å². The van der Waals surface area contributed by atoms with E-state index in [2.05, 4.69) is 4.98 Å². The van der Waals surface area contributed by atoms with Crippen LogP contribution in [0, 0.1) is 6.92 Å². The van der Waals surface area contributed by atoms with Crippen molar-refractivity contribution in [2.24, 2.45) is 0 Å². The second-order valence-corrected chi connectivity index (χ2v) is 7.55. The monoisotopic (exact) mass is 338 g/mol. The molecule has 0 spiro atoms. The minimum atomic E-state index is -0.162. The molecule has 5 nitrogen and oxygen atoms in total. The highest BCUT2D eigenvalue weighted by Gasteiger charge is 2.52. The summed E-state index contributed by atoms with van der Waals surface area (Å²) >= 11 is 1.64. The SMILES string of the molecule is CO[C@H]1CC[C@@]2(OC)CCN(C(=O)CCc3scnc3C)[C@H]2C1. The highest BCUT2D eigenvalue weighted by molar-refractivity contribution is 7.09. The number of rotatable bonds is 5. The summed E-state index contributed by atoms with van der Waals surface area (Å²) in [4.78, 5) is 20.3. The number of methoxy groups -OCH3 is 2. The van der Waals surface area contributed by atoms with E-state index in [-0.39, 0.29) is 23.7 Å². The van der Waals surface area contributed by atoms with Crippen LogP contribution >= 0.6 is 11.3 Å². The zero-order valence-electron chi connectivity index (χ0n) is 14.2. The molecular weight excluding hydrogens is 312 g/mol. The maximum Gasteiger partial charge on any atom is 0.223 e. The molecular formula is C17H26N2O3S. The molecule has 0 aromatic carbocycles. The first-order valence-electron chi connectivity index (χ1n) is 8.36. The molecule has 2 fully saturated rings. The van der Waals surface area contributed by atoms with Gasteiger partial charge in [-0.25, -0.2) is 4.98 Å². The Kier molecular flexibility index (Phi) is 5.04. The van der Waals surface area contributed by atoms with Crippen LogP contribution in [0.4, 0.5) is 0 Å². The number of carbonyl (C=O) groups is 1. The van der Waals surface area contributed by atoms with Gasteiger partial charge in [0.1, 0.15) is 0 Å². The lowest BCUT2D eigenvalue weighted by Crippen LogP contribution is -2.53. The number of likely N-dealkylation sites (tertiary alicyclic amines) is 1. The lowest BCUT2D eigenvalue weighted by molar-refractivity contribution is -0.140. The fourth-order valence-electron chi connectivity index (χ4n) is 4.10. The van der Waals surface area contributed by atoms with E-state index in [1.54, 1.807) is 25.6 Å². The van der Waals surface area contributed by atoms with Crippen LogP contribution in [0.3, 0.4) is 0 Å². The van der Waals surface area contributed by atoms with Crippen LogP contribution in [-0.4, -0.2) is 54.3 Å². The summed E-state index contributed by atoms with van der Waals surface area (Å²) in [5.41, 5.74) is 2.74. The van der Waals surface area contributed by atoms with Crippen molar-refractivity contribution in [3.8, 4) is 0 Å². The maximum atomic E-state index is 12.8. The fourth-order valence-corrected chi connectivity index (χ4v) is 4.89. The predicted molar refractivity (Wildman–Crippen MR) is 89.7 cm³/mol. The van der Waals surface area contributed by atoms with Crippen LogP contribution in [0.2, 0.25) is 0 Å². The number of hydrogen-bond acceptors (Lipinski definition) is 5. The van der Waals surface area contributed by atoms with Crippen molar-refractivity contribution < 1.29 is 14.3 Å². The van der Waals surface area contributed by atoms with Crippen LogP contribution in [0.25, 0.3) is 0 Å². The van der Waals surface area contributed by atoms with Gasteiger partial charge in [0, 0.05) is 32.1 Å². The van der Waals surface area contributed by atoms with E-state index >= 15 is 0 Å². The standard InChI is InChI=1S/C17H26N2O3S/c1-12-14(23-11-18-12)4-5-16(20)19-9-8-17(22-3)7-6-13(21-2)10-15(17)19/h11,13,15H,4-10H2,1-3H3/t13-,15-,17+/m0/s1. The summed E-state index contributed by atoms with van der Waals surface area (Å²) in [5, 5.41) is 0. The van der Waals surface area contributed by atoms with E-state index in [1.165, 1.54) is 4.88 Å². The Bertz CT molecular complexity index is 562. The van der Waals surface area contributed by atoms with E-state index in [9.17, 15) is 4.79 Å². The van der Waals surface area contributed by atoms with Gasteiger partial charge in [-0.1, -0.05) is 0 Å². The molecule has 3 rings (SSSR count). The average molecular weight is 338 g/mol. The molecule has 2 heterocycles. The van der Waals surface area contributed by atoms with Gasteiger partial charge in [0.05, 0.1) is 29.0 Å². The first kappa shape index (κ1) is 16.9. The zero-order chi connectivity index (χ0) is 16.4. The van der Waals surface area contributed by atoms with Crippen molar-refractivity contribution in [1.82, 2.24) is 9.88 Å². The highest BCUT2D eigenvalue weighted by Crippen LogP contribution is 2.43. The number of amides is 1. The Morgan fingerprint density at radius 2 is 2.30 bits per heavy atom. The number of hydrogen-bond donors (Lipinski definition) is 0. The smallest absolute Gasteiger partial charge is 0.223 e. The van der Waals surface area contributed by atoms with Gasteiger partial charge in [-0.05, 0) is 39.0 Å². The van der Waals surface area contributed by atoms with Crippen molar-refractivity contribution in [1.29, 1.82) is 0 Å². The van der Waals surface area contributed by atoms with E-state index in [0.29, 0.717) is 6.42 Å². The van der Waals surface area contributed by atoms with Gasteiger partial charge in [-0.15, -0.1) is 11.3 Å². The molecule has 2 aliphatic rings.